The quantitative estimate of drug-likeness (QED) is 0.124. The van der Waals surface area contributed by atoms with E-state index < -0.39 is 28.7 Å². The Balaban J connectivity index is 0.000000178. The molecule has 0 bridgehead atoms. The van der Waals surface area contributed by atoms with E-state index in [0.29, 0.717) is 71.6 Å². The summed E-state index contributed by atoms with van der Waals surface area (Å²) in [7, 11) is 0. The minimum absolute atomic E-state index is 0.0118. The Hall–Kier alpha value is -5.02. The molecule has 4 fully saturated rings. The minimum atomic E-state index is -2.71. The first-order valence-corrected chi connectivity index (χ1v) is 20.6. The average molecular weight is 807 g/mol. The standard InChI is InChI=1S/C22H27F2N3O4.C20H25N3O4/c1-21(10-11-21)9-3-4-13-12-16(28)30-19-17(13)18(29)25-20(26-19)31-27-15-7-5-14(6-8-15)22(2,23)24;1-20(10-11-20)9-5-6-13-12-15(24)26-18-16(13)17(25)21-19(22-18)27-23-14-7-3-2-4-8-14/h12,14H,3-11H2,1-2H3,(H,25,26,29);12H,2-11H2,1H3,(H,21,22,25). The van der Waals surface area contributed by atoms with Gasteiger partial charge in [0.2, 0.25) is 17.3 Å². The van der Waals surface area contributed by atoms with Crippen molar-refractivity contribution in [2.24, 2.45) is 27.1 Å². The highest BCUT2D eigenvalue weighted by Gasteiger charge is 2.37. The van der Waals surface area contributed by atoms with Gasteiger partial charge in [0.05, 0.1) is 11.4 Å². The van der Waals surface area contributed by atoms with Crippen molar-refractivity contribution in [1.82, 2.24) is 19.9 Å². The molecular weight excluding hydrogens is 754 g/mol. The second-order valence-corrected chi connectivity index (χ2v) is 17.4. The fourth-order valence-corrected chi connectivity index (χ4v) is 7.89. The zero-order valence-electron chi connectivity index (χ0n) is 33.5. The number of nitrogens with one attached hydrogen (secondary N) is 2. The molecule has 16 heteroatoms. The summed E-state index contributed by atoms with van der Waals surface area (Å²) < 4.78 is 37.1. The van der Waals surface area contributed by atoms with Crippen molar-refractivity contribution >= 4 is 33.6 Å². The normalized spacial score (nSPS) is 19.6. The number of halogens is 2. The Morgan fingerprint density at radius 2 is 1.16 bits per heavy atom. The van der Waals surface area contributed by atoms with Gasteiger partial charge in [-0.15, -0.1) is 0 Å². The molecule has 0 unspecified atom stereocenters. The Bertz CT molecular complexity index is 2420. The van der Waals surface area contributed by atoms with Crippen molar-refractivity contribution in [3.63, 3.8) is 0 Å². The first-order chi connectivity index (χ1) is 27.7. The van der Waals surface area contributed by atoms with Crippen molar-refractivity contribution in [3.05, 3.63) is 64.8 Å². The number of aryl methyl sites for hydroxylation is 2. The van der Waals surface area contributed by atoms with Gasteiger partial charge in [0.25, 0.3) is 11.1 Å². The van der Waals surface area contributed by atoms with E-state index in [4.69, 9.17) is 18.5 Å². The van der Waals surface area contributed by atoms with Gasteiger partial charge < -0.3 is 18.5 Å². The summed E-state index contributed by atoms with van der Waals surface area (Å²) in [6.45, 7) is 5.45. The number of oxime groups is 2. The molecule has 4 saturated carbocycles. The molecule has 0 radical (unpaired) electrons. The minimum Gasteiger partial charge on any atom is -0.403 e. The second-order valence-electron chi connectivity index (χ2n) is 17.4. The van der Waals surface area contributed by atoms with E-state index in [1.54, 1.807) is 0 Å². The van der Waals surface area contributed by atoms with Gasteiger partial charge in [0.1, 0.15) is 10.8 Å². The predicted molar refractivity (Wildman–Crippen MR) is 214 cm³/mol. The molecule has 8 rings (SSSR count). The number of nitrogens with zero attached hydrogens (tertiary/aromatic N) is 4. The summed E-state index contributed by atoms with van der Waals surface area (Å²) >= 11 is 0. The lowest BCUT2D eigenvalue weighted by atomic mass is 9.84. The van der Waals surface area contributed by atoms with E-state index in [1.165, 1.54) is 44.2 Å². The zero-order chi connectivity index (χ0) is 41.1. The molecule has 58 heavy (non-hydrogen) atoms. The molecule has 4 heterocycles. The van der Waals surface area contributed by atoms with Crippen LogP contribution in [0.15, 0.2) is 50.5 Å². The smallest absolute Gasteiger partial charge is 0.337 e. The Morgan fingerprint density at radius 1 is 0.724 bits per heavy atom. The number of hydrogen-bond donors (Lipinski definition) is 2. The van der Waals surface area contributed by atoms with Crippen LogP contribution in [-0.2, 0) is 12.8 Å². The topological polar surface area (TPSA) is 195 Å². The van der Waals surface area contributed by atoms with Crippen LogP contribution in [0.3, 0.4) is 0 Å². The number of aromatic amines is 2. The van der Waals surface area contributed by atoms with E-state index in [2.05, 4.69) is 44.1 Å². The zero-order valence-corrected chi connectivity index (χ0v) is 33.5. The SMILES string of the molecule is CC1(CCCc2cc(=O)oc3nc(ON=C4CCC(C(C)(F)F)CC4)[nH]c(=O)c23)CC1.CC1(CCCc2cc(=O)oc3nc(ON=C4CCCCC4)[nH]c(=O)c23)CC1. The lowest BCUT2D eigenvalue weighted by Gasteiger charge is -2.27. The molecule has 312 valence electrons. The number of alkyl halides is 2. The third-order valence-corrected chi connectivity index (χ3v) is 12.2. The van der Waals surface area contributed by atoms with E-state index in [0.717, 1.165) is 64.0 Å². The van der Waals surface area contributed by atoms with Gasteiger partial charge in [0.15, 0.2) is 0 Å². The Labute approximate surface area is 332 Å². The monoisotopic (exact) mass is 806 g/mol. The molecule has 14 nitrogen and oxygen atoms in total. The number of aromatic nitrogens is 4. The number of H-pyrrole nitrogens is 2. The number of fused-ring (bicyclic) bond motifs is 2. The van der Waals surface area contributed by atoms with Crippen molar-refractivity contribution in [1.29, 1.82) is 0 Å². The van der Waals surface area contributed by atoms with Gasteiger partial charge in [-0.3, -0.25) is 19.6 Å². The van der Waals surface area contributed by atoms with Crippen LogP contribution < -0.4 is 32.0 Å². The molecule has 0 atom stereocenters. The van der Waals surface area contributed by atoms with E-state index >= 15 is 0 Å². The molecule has 4 aliphatic rings. The second kappa shape index (κ2) is 17.1. The van der Waals surface area contributed by atoms with E-state index in [9.17, 15) is 28.0 Å². The van der Waals surface area contributed by atoms with E-state index in [1.807, 2.05) is 0 Å². The summed E-state index contributed by atoms with van der Waals surface area (Å²) in [5.74, 6) is -3.37. The maximum Gasteiger partial charge on any atom is 0.337 e. The first-order valence-electron chi connectivity index (χ1n) is 20.6. The van der Waals surface area contributed by atoms with Gasteiger partial charge in [-0.1, -0.05) is 30.6 Å². The fourth-order valence-electron chi connectivity index (χ4n) is 7.89. The third kappa shape index (κ3) is 10.7. The van der Waals surface area contributed by atoms with Crippen LogP contribution in [0, 0.1) is 16.7 Å². The molecule has 2 N–H and O–H groups in total. The van der Waals surface area contributed by atoms with Crippen molar-refractivity contribution in [2.45, 2.75) is 149 Å². The molecular formula is C42H52F2N6O8. The molecule has 4 aromatic heterocycles. The van der Waals surface area contributed by atoms with Crippen LogP contribution in [0.2, 0.25) is 0 Å². The summed E-state index contributed by atoms with van der Waals surface area (Å²) in [5, 5.41) is 8.63. The Kier molecular flexibility index (Phi) is 12.1. The summed E-state index contributed by atoms with van der Waals surface area (Å²) in [4.78, 5) is 73.0. The maximum atomic E-state index is 13.4. The molecule has 4 aromatic rings. The van der Waals surface area contributed by atoms with Crippen LogP contribution in [0.1, 0.15) is 141 Å². The van der Waals surface area contributed by atoms with Crippen LogP contribution in [0.4, 0.5) is 8.78 Å². The highest BCUT2D eigenvalue weighted by molar-refractivity contribution is 5.85. The Morgan fingerprint density at radius 3 is 1.57 bits per heavy atom. The molecule has 0 aliphatic heterocycles. The summed E-state index contributed by atoms with van der Waals surface area (Å²) in [6, 6.07) is 2.50. The lowest BCUT2D eigenvalue weighted by Crippen LogP contribution is -2.29. The highest BCUT2D eigenvalue weighted by atomic mass is 19.3. The number of rotatable bonds is 13. The predicted octanol–water partition coefficient (Wildman–Crippen LogP) is 8.28. The summed E-state index contributed by atoms with van der Waals surface area (Å²) in [5.41, 5.74) is 1.75. The van der Waals surface area contributed by atoms with Gasteiger partial charge >= 0.3 is 23.3 Å². The van der Waals surface area contributed by atoms with Crippen LogP contribution >= 0.6 is 0 Å². The highest BCUT2D eigenvalue weighted by Crippen LogP contribution is 2.49. The fraction of sp³-hybridized carbons (Fsp3) is 0.619. The number of hydrogen-bond acceptors (Lipinski definition) is 12. The van der Waals surface area contributed by atoms with Crippen molar-refractivity contribution in [3.8, 4) is 12.0 Å². The molecule has 4 aliphatic carbocycles. The molecule has 0 saturated heterocycles. The average Bonchev–Trinajstić information content (AvgIpc) is 4.10. The van der Waals surface area contributed by atoms with Gasteiger partial charge in [-0.25, -0.2) is 18.4 Å². The van der Waals surface area contributed by atoms with Crippen LogP contribution in [-0.4, -0.2) is 37.3 Å². The third-order valence-electron chi connectivity index (χ3n) is 12.2. The van der Waals surface area contributed by atoms with Gasteiger partial charge in [-0.05, 0) is 144 Å². The largest absolute Gasteiger partial charge is 0.403 e. The lowest BCUT2D eigenvalue weighted by molar-refractivity contribution is -0.0468. The van der Waals surface area contributed by atoms with Crippen molar-refractivity contribution < 1.29 is 27.3 Å². The van der Waals surface area contributed by atoms with E-state index in [-0.39, 0.29) is 34.4 Å². The summed E-state index contributed by atoms with van der Waals surface area (Å²) in [6.07, 6.45) is 16.8. The van der Waals surface area contributed by atoms with Crippen LogP contribution in [0.5, 0.6) is 12.0 Å². The van der Waals surface area contributed by atoms with Gasteiger partial charge in [-0.2, -0.15) is 9.97 Å². The van der Waals surface area contributed by atoms with Crippen LogP contribution in [0.25, 0.3) is 22.2 Å². The maximum absolute atomic E-state index is 13.4. The van der Waals surface area contributed by atoms with Crippen molar-refractivity contribution in [2.75, 3.05) is 0 Å². The first kappa shape index (κ1) is 41.2. The van der Waals surface area contributed by atoms with Gasteiger partial charge in [0, 0.05) is 18.1 Å². The molecule has 0 aromatic carbocycles. The molecule has 0 amide bonds. The molecule has 0 spiro atoms.